The van der Waals surface area contributed by atoms with E-state index in [1.54, 1.807) is 0 Å². The van der Waals surface area contributed by atoms with Gasteiger partial charge < -0.3 is 14.8 Å². The van der Waals surface area contributed by atoms with E-state index in [0.29, 0.717) is 12.0 Å². The van der Waals surface area contributed by atoms with Crippen molar-refractivity contribution >= 4 is 0 Å². The van der Waals surface area contributed by atoms with Gasteiger partial charge in [0.05, 0.1) is 0 Å². The fourth-order valence-electron chi connectivity index (χ4n) is 2.52. The van der Waals surface area contributed by atoms with E-state index in [4.69, 9.17) is 9.47 Å². The van der Waals surface area contributed by atoms with E-state index >= 15 is 0 Å². The van der Waals surface area contributed by atoms with Crippen LogP contribution in [-0.4, -0.2) is 25.3 Å². The summed E-state index contributed by atoms with van der Waals surface area (Å²) in [6.07, 6.45) is 2.12. The van der Waals surface area contributed by atoms with Crippen molar-refractivity contribution in [2.45, 2.75) is 53.1 Å². The van der Waals surface area contributed by atoms with E-state index in [9.17, 15) is 0 Å². The van der Waals surface area contributed by atoms with Gasteiger partial charge in [0.15, 0.2) is 11.5 Å². The molecule has 0 aromatic heterocycles. The molecule has 0 fully saturated rings. The Morgan fingerprint density at radius 3 is 2.71 bits per heavy atom. The lowest BCUT2D eigenvalue weighted by Crippen LogP contribution is -2.26. The van der Waals surface area contributed by atoms with Crippen molar-refractivity contribution < 1.29 is 9.47 Å². The van der Waals surface area contributed by atoms with Crippen LogP contribution in [0.15, 0.2) is 18.2 Å². The summed E-state index contributed by atoms with van der Waals surface area (Å²) in [6.45, 7) is 13.6. The molecule has 0 saturated heterocycles. The molecule has 0 aliphatic carbocycles. The highest BCUT2D eigenvalue weighted by Gasteiger charge is 2.32. The molecular weight excluding hydrogens is 262 g/mol. The molecule has 1 aromatic rings. The van der Waals surface area contributed by atoms with Gasteiger partial charge in [-0.05, 0) is 38.3 Å². The highest BCUT2D eigenvalue weighted by atomic mass is 16.5. The largest absolute Gasteiger partial charge is 0.488 e. The van der Waals surface area contributed by atoms with Crippen molar-refractivity contribution in [1.82, 2.24) is 5.32 Å². The number of para-hydroxylation sites is 1. The first kappa shape index (κ1) is 16.2. The minimum absolute atomic E-state index is 0.118. The van der Waals surface area contributed by atoms with Gasteiger partial charge in [-0.25, -0.2) is 0 Å². The molecule has 21 heavy (non-hydrogen) atoms. The van der Waals surface area contributed by atoms with Crippen molar-refractivity contribution in [1.29, 1.82) is 0 Å². The highest BCUT2D eigenvalue weighted by Crippen LogP contribution is 2.41. The average Bonchev–Trinajstić information content (AvgIpc) is 2.67. The van der Waals surface area contributed by atoms with Crippen molar-refractivity contribution in [2.24, 2.45) is 5.41 Å². The standard InChI is InChI=1S/C18H29NO2/c1-17(2,3)9-10-19-11-12-20-15-8-6-7-14-13-18(4,5)21-16(14)15/h6-8,19H,9-13H2,1-5H3. The Hall–Kier alpha value is -1.22. The summed E-state index contributed by atoms with van der Waals surface area (Å²) in [4.78, 5) is 0. The van der Waals surface area contributed by atoms with E-state index in [1.165, 1.54) is 12.0 Å². The molecular formula is C18H29NO2. The van der Waals surface area contributed by atoms with Crippen molar-refractivity contribution in [3.8, 4) is 11.5 Å². The number of ether oxygens (including phenoxy) is 2. The predicted octanol–water partition coefficient (Wildman–Crippen LogP) is 3.80. The van der Waals surface area contributed by atoms with Crippen LogP contribution >= 0.6 is 0 Å². The second kappa shape index (κ2) is 6.27. The Morgan fingerprint density at radius 2 is 2.00 bits per heavy atom. The zero-order chi connectivity index (χ0) is 15.5. The number of fused-ring (bicyclic) bond motifs is 1. The van der Waals surface area contributed by atoms with Crippen LogP contribution < -0.4 is 14.8 Å². The van der Waals surface area contributed by atoms with Crippen LogP contribution in [0.4, 0.5) is 0 Å². The van der Waals surface area contributed by atoms with E-state index in [1.807, 2.05) is 12.1 Å². The van der Waals surface area contributed by atoms with Crippen LogP contribution in [0.1, 0.15) is 46.6 Å². The normalized spacial score (nSPS) is 16.4. The molecule has 0 unspecified atom stereocenters. The third kappa shape index (κ3) is 4.92. The topological polar surface area (TPSA) is 30.5 Å². The Labute approximate surface area is 129 Å². The summed E-state index contributed by atoms with van der Waals surface area (Å²) in [5.74, 6) is 1.80. The van der Waals surface area contributed by atoms with Gasteiger partial charge in [0, 0.05) is 18.5 Å². The van der Waals surface area contributed by atoms with Gasteiger partial charge in [0.1, 0.15) is 12.2 Å². The molecule has 1 aromatic carbocycles. The summed E-state index contributed by atoms with van der Waals surface area (Å²) >= 11 is 0. The maximum absolute atomic E-state index is 6.00. The Morgan fingerprint density at radius 1 is 1.24 bits per heavy atom. The highest BCUT2D eigenvalue weighted by molar-refractivity contribution is 5.50. The third-order valence-corrected chi connectivity index (χ3v) is 3.64. The maximum atomic E-state index is 6.00. The predicted molar refractivity (Wildman–Crippen MR) is 87.3 cm³/mol. The minimum atomic E-state index is -0.118. The first-order chi connectivity index (χ1) is 9.77. The van der Waals surface area contributed by atoms with Crippen LogP contribution in [0.2, 0.25) is 0 Å². The van der Waals surface area contributed by atoms with Crippen molar-refractivity contribution in [2.75, 3.05) is 19.7 Å². The fourth-order valence-corrected chi connectivity index (χ4v) is 2.52. The molecule has 2 rings (SSSR count). The van der Waals surface area contributed by atoms with Gasteiger partial charge >= 0.3 is 0 Å². The zero-order valence-corrected chi connectivity index (χ0v) is 14.1. The summed E-state index contributed by atoms with van der Waals surface area (Å²) in [5, 5.41) is 3.43. The van der Waals surface area contributed by atoms with Gasteiger partial charge in [-0.1, -0.05) is 32.9 Å². The van der Waals surface area contributed by atoms with E-state index in [2.05, 4.69) is 46.0 Å². The number of nitrogens with one attached hydrogen (secondary N) is 1. The number of hydrogen-bond donors (Lipinski definition) is 1. The molecule has 1 aliphatic rings. The molecule has 0 saturated carbocycles. The smallest absolute Gasteiger partial charge is 0.165 e. The van der Waals surface area contributed by atoms with Crippen LogP contribution in [0.25, 0.3) is 0 Å². The summed E-state index contributed by atoms with van der Waals surface area (Å²) < 4.78 is 11.9. The number of rotatable bonds is 6. The number of hydrogen-bond acceptors (Lipinski definition) is 3. The lowest BCUT2D eigenvalue weighted by atomic mass is 9.92. The van der Waals surface area contributed by atoms with Crippen molar-refractivity contribution in [3.63, 3.8) is 0 Å². The second-order valence-corrected chi connectivity index (χ2v) is 7.69. The molecule has 3 heteroatoms. The Bertz CT molecular complexity index is 475. The number of benzene rings is 1. The van der Waals surface area contributed by atoms with E-state index in [-0.39, 0.29) is 5.60 Å². The monoisotopic (exact) mass is 291 g/mol. The molecule has 118 valence electrons. The quantitative estimate of drug-likeness (QED) is 0.809. The fraction of sp³-hybridized carbons (Fsp3) is 0.667. The molecule has 1 heterocycles. The van der Waals surface area contributed by atoms with Gasteiger partial charge in [-0.15, -0.1) is 0 Å². The van der Waals surface area contributed by atoms with Crippen LogP contribution in [-0.2, 0) is 6.42 Å². The molecule has 0 bridgehead atoms. The van der Waals surface area contributed by atoms with Crippen molar-refractivity contribution in [3.05, 3.63) is 23.8 Å². The molecule has 1 aliphatic heterocycles. The maximum Gasteiger partial charge on any atom is 0.165 e. The average molecular weight is 291 g/mol. The van der Waals surface area contributed by atoms with Gasteiger partial charge in [0.25, 0.3) is 0 Å². The zero-order valence-electron chi connectivity index (χ0n) is 14.1. The second-order valence-electron chi connectivity index (χ2n) is 7.69. The first-order valence-electron chi connectivity index (χ1n) is 7.91. The van der Waals surface area contributed by atoms with Gasteiger partial charge in [0.2, 0.25) is 0 Å². The molecule has 0 atom stereocenters. The molecule has 0 spiro atoms. The van der Waals surface area contributed by atoms with Crippen LogP contribution in [0.3, 0.4) is 0 Å². The molecule has 0 radical (unpaired) electrons. The summed E-state index contributed by atoms with van der Waals surface area (Å²) in [5.41, 5.74) is 1.51. The van der Waals surface area contributed by atoms with E-state index in [0.717, 1.165) is 31.0 Å². The summed E-state index contributed by atoms with van der Waals surface area (Å²) in [6, 6.07) is 6.17. The van der Waals surface area contributed by atoms with Crippen LogP contribution in [0, 0.1) is 5.41 Å². The van der Waals surface area contributed by atoms with E-state index < -0.39 is 0 Å². The first-order valence-corrected chi connectivity index (χ1v) is 7.91. The minimum Gasteiger partial charge on any atom is -0.488 e. The van der Waals surface area contributed by atoms with Crippen LogP contribution in [0.5, 0.6) is 11.5 Å². The summed E-state index contributed by atoms with van der Waals surface area (Å²) in [7, 11) is 0. The molecule has 0 amide bonds. The van der Waals surface area contributed by atoms with Gasteiger partial charge in [-0.3, -0.25) is 0 Å². The SMILES string of the molecule is CC(C)(C)CCNCCOc1cccc2c1OC(C)(C)C2. The lowest BCUT2D eigenvalue weighted by Gasteiger charge is -2.19. The molecule has 3 nitrogen and oxygen atoms in total. The lowest BCUT2D eigenvalue weighted by molar-refractivity contribution is 0.132. The van der Waals surface area contributed by atoms with Gasteiger partial charge in [-0.2, -0.15) is 0 Å². The third-order valence-electron chi connectivity index (χ3n) is 3.64. The Balaban J connectivity index is 1.77. The Kier molecular flexibility index (Phi) is 4.82. The molecule has 1 N–H and O–H groups in total.